The molecule has 2 heterocycles. The van der Waals surface area contributed by atoms with Crippen LogP contribution in [0.1, 0.15) is 23.2 Å². The lowest BCUT2D eigenvalue weighted by atomic mass is 10.1. The molecule has 0 spiro atoms. The van der Waals surface area contributed by atoms with Gasteiger partial charge in [0, 0.05) is 47.5 Å². The van der Waals surface area contributed by atoms with E-state index >= 15 is 0 Å². The lowest BCUT2D eigenvalue weighted by molar-refractivity contribution is 0.660. The molecule has 0 atom stereocenters. The zero-order chi connectivity index (χ0) is 20.9. The fourth-order valence-electron chi connectivity index (χ4n) is 3.64. The second-order valence-corrected chi connectivity index (χ2v) is 8.69. The first-order chi connectivity index (χ1) is 14.6. The number of aromatic nitrogens is 5. The maximum atomic E-state index is 6.42. The molecule has 4 rings (SSSR count). The van der Waals surface area contributed by atoms with E-state index in [1.54, 1.807) is 16.4 Å². The summed E-state index contributed by atoms with van der Waals surface area (Å²) in [7, 11) is 1.86. The average Bonchev–Trinajstić information content (AvgIpc) is 3.28. The molecular weight excluding hydrogens is 416 g/mol. The minimum atomic E-state index is 0.772. The topological polar surface area (TPSA) is 60.6 Å². The highest BCUT2D eigenvalue weighted by molar-refractivity contribution is 7.99. The van der Waals surface area contributed by atoms with Gasteiger partial charge in [0.05, 0.1) is 0 Å². The number of rotatable bonds is 9. The first-order valence-corrected chi connectivity index (χ1v) is 11.4. The van der Waals surface area contributed by atoms with Crippen LogP contribution in [0.15, 0.2) is 53.7 Å². The highest BCUT2D eigenvalue weighted by atomic mass is 35.5. The van der Waals surface area contributed by atoms with E-state index in [2.05, 4.69) is 62.7 Å². The zero-order valence-electron chi connectivity index (χ0n) is 17.2. The van der Waals surface area contributed by atoms with Crippen LogP contribution in [-0.4, -0.2) is 37.1 Å². The highest BCUT2D eigenvalue weighted by Gasteiger charge is 2.14. The molecule has 0 radical (unpaired) electrons. The summed E-state index contributed by atoms with van der Waals surface area (Å²) in [6.07, 6.45) is 1.05. The third-order valence-corrected chi connectivity index (χ3v) is 6.73. The number of nitrogens with one attached hydrogen (secondary N) is 1. The van der Waals surface area contributed by atoms with Crippen molar-refractivity contribution in [3.63, 3.8) is 0 Å². The molecule has 2 aromatic carbocycles. The minimum Gasteiger partial charge on any atom is -0.340 e. The van der Waals surface area contributed by atoms with Crippen LogP contribution >= 0.6 is 23.4 Å². The van der Waals surface area contributed by atoms with Gasteiger partial charge >= 0.3 is 0 Å². The van der Waals surface area contributed by atoms with Crippen LogP contribution in [0.3, 0.4) is 0 Å². The lowest BCUT2D eigenvalue weighted by Gasteiger charge is -2.11. The molecule has 0 aliphatic carbocycles. The second kappa shape index (κ2) is 9.64. The number of hydrogen-bond acceptors (Lipinski definition) is 5. The highest BCUT2D eigenvalue weighted by Crippen LogP contribution is 2.28. The molecule has 2 aromatic heterocycles. The van der Waals surface area contributed by atoms with Gasteiger partial charge in [-0.2, -0.15) is 0 Å². The van der Waals surface area contributed by atoms with Crippen LogP contribution in [0.5, 0.6) is 0 Å². The molecule has 0 aliphatic heterocycles. The average molecular weight is 441 g/mol. The summed E-state index contributed by atoms with van der Waals surface area (Å²) in [5, 5.41) is 18.1. The number of halogens is 1. The SMILES string of the molecule is Cc1c(CNCCCSc2nnnn2C)c2ccccc2n1Cc1ccccc1Cl. The lowest BCUT2D eigenvalue weighted by Crippen LogP contribution is -2.16. The molecule has 1 N–H and O–H groups in total. The molecule has 0 saturated carbocycles. The Kier molecular flexibility index (Phi) is 6.72. The molecule has 6 nitrogen and oxygen atoms in total. The first-order valence-electron chi connectivity index (χ1n) is 10.0. The van der Waals surface area contributed by atoms with Crippen molar-refractivity contribution in [2.45, 2.75) is 31.6 Å². The molecule has 4 aromatic rings. The summed E-state index contributed by atoms with van der Waals surface area (Å²) in [6, 6.07) is 16.7. The Morgan fingerprint density at radius 3 is 2.70 bits per heavy atom. The molecule has 0 bridgehead atoms. The van der Waals surface area contributed by atoms with E-state index in [-0.39, 0.29) is 0 Å². The summed E-state index contributed by atoms with van der Waals surface area (Å²) >= 11 is 8.10. The number of tetrazole rings is 1. The van der Waals surface area contributed by atoms with Gasteiger partial charge in [-0.05, 0) is 53.6 Å². The van der Waals surface area contributed by atoms with Crippen molar-refractivity contribution < 1.29 is 0 Å². The second-order valence-electron chi connectivity index (χ2n) is 7.22. The van der Waals surface area contributed by atoms with E-state index in [4.69, 9.17) is 11.6 Å². The van der Waals surface area contributed by atoms with Crippen LogP contribution < -0.4 is 5.32 Å². The van der Waals surface area contributed by atoms with Gasteiger partial charge < -0.3 is 9.88 Å². The minimum absolute atomic E-state index is 0.772. The standard InChI is InChI=1S/C22H25ClN6S/c1-16-19(14-24-12-7-13-30-22-25-26-27-28(22)2)18-9-4-6-11-21(18)29(16)15-17-8-3-5-10-20(17)23/h3-6,8-11,24H,7,12-15H2,1-2H3. The molecule has 0 unspecified atom stereocenters. The van der Waals surface area contributed by atoms with Gasteiger partial charge in [-0.15, -0.1) is 5.10 Å². The van der Waals surface area contributed by atoms with Crippen molar-refractivity contribution in [2.24, 2.45) is 7.05 Å². The molecule has 0 amide bonds. The summed E-state index contributed by atoms with van der Waals surface area (Å²) in [6.45, 7) is 4.76. The maximum Gasteiger partial charge on any atom is 0.209 e. The van der Waals surface area contributed by atoms with E-state index < -0.39 is 0 Å². The molecule has 0 saturated heterocycles. The van der Waals surface area contributed by atoms with Gasteiger partial charge in [0.2, 0.25) is 5.16 Å². The van der Waals surface area contributed by atoms with Crippen molar-refractivity contribution in [3.05, 3.63) is 70.4 Å². The van der Waals surface area contributed by atoms with Crippen LogP contribution in [0, 0.1) is 6.92 Å². The fraction of sp³-hybridized carbons (Fsp3) is 0.318. The van der Waals surface area contributed by atoms with Gasteiger partial charge in [0.1, 0.15) is 0 Å². The Hall–Kier alpha value is -2.35. The number of aryl methyl sites for hydroxylation is 1. The summed E-state index contributed by atoms with van der Waals surface area (Å²) in [5.74, 6) is 0.981. The van der Waals surface area contributed by atoms with Gasteiger partial charge in [-0.1, -0.05) is 59.8 Å². The first kappa shape index (κ1) is 20.9. The molecular formula is C22H25ClN6S. The van der Waals surface area contributed by atoms with E-state index in [1.807, 2.05) is 25.2 Å². The monoisotopic (exact) mass is 440 g/mol. The Bertz CT molecular complexity index is 1140. The number of thioether (sulfide) groups is 1. The third-order valence-electron chi connectivity index (χ3n) is 5.26. The Labute approximate surface area is 185 Å². The van der Waals surface area contributed by atoms with Crippen LogP contribution in [0.2, 0.25) is 5.02 Å². The number of para-hydroxylation sites is 1. The van der Waals surface area contributed by atoms with Crippen LogP contribution in [0.4, 0.5) is 0 Å². The van der Waals surface area contributed by atoms with E-state index in [1.165, 1.54) is 22.2 Å². The number of benzene rings is 2. The number of fused-ring (bicyclic) bond motifs is 1. The van der Waals surface area contributed by atoms with Crippen molar-refractivity contribution in [3.8, 4) is 0 Å². The Morgan fingerprint density at radius 2 is 1.90 bits per heavy atom. The van der Waals surface area contributed by atoms with E-state index in [9.17, 15) is 0 Å². The van der Waals surface area contributed by atoms with Gasteiger partial charge in [-0.3, -0.25) is 0 Å². The number of nitrogens with zero attached hydrogens (tertiary/aromatic N) is 5. The third kappa shape index (κ3) is 4.53. The number of hydrogen-bond donors (Lipinski definition) is 1. The predicted molar refractivity (Wildman–Crippen MR) is 123 cm³/mol. The quantitative estimate of drug-likeness (QED) is 0.308. The summed E-state index contributed by atoms with van der Waals surface area (Å²) in [5.41, 5.74) is 5.01. The largest absolute Gasteiger partial charge is 0.340 e. The van der Waals surface area contributed by atoms with E-state index in [0.29, 0.717) is 0 Å². The zero-order valence-corrected chi connectivity index (χ0v) is 18.7. The smallest absolute Gasteiger partial charge is 0.209 e. The van der Waals surface area contributed by atoms with Gasteiger partial charge in [0.25, 0.3) is 0 Å². The predicted octanol–water partition coefficient (Wildman–Crippen LogP) is 4.45. The summed E-state index contributed by atoms with van der Waals surface area (Å²) in [4.78, 5) is 0. The molecule has 0 aliphatic rings. The van der Waals surface area contributed by atoms with Crippen LogP contribution in [-0.2, 0) is 20.1 Å². The van der Waals surface area contributed by atoms with Crippen molar-refractivity contribution in [2.75, 3.05) is 12.3 Å². The van der Waals surface area contributed by atoms with Crippen molar-refractivity contribution in [1.29, 1.82) is 0 Å². The molecule has 156 valence electrons. The molecule has 30 heavy (non-hydrogen) atoms. The fourth-order valence-corrected chi connectivity index (χ4v) is 4.63. The normalized spacial score (nSPS) is 11.4. The van der Waals surface area contributed by atoms with Crippen molar-refractivity contribution in [1.82, 2.24) is 30.1 Å². The van der Waals surface area contributed by atoms with Gasteiger partial charge in [0.15, 0.2) is 0 Å². The Morgan fingerprint density at radius 1 is 1.10 bits per heavy atom. The van der Waals surface area contributed by atoms with Gasteiger partial charge in [-0.25, -0.2) is 4.68 Å². The van der Waals surface area contributed by atoms with E-state index in [0.717, 1.165) is 47.6 Å². The van der Waals surface area contributed by atoms with Crippen LogP contribution in [0.25, 0.3) is 10.9 Å². The van der Waals surface area contributed by atoms with Crippen molar-refractivity contribution >= 4 is 34.3 Å². The maximum absolute atomic E-state index is 6.42. The Balaban J connectivity index is 1.42. The molecule has 0 fully saturated rings. The summed E-state index contributed by atoms with van der Waals surface area (Å²) < 4.78 is 4.07. The molecule has 8 heteroatoms.